The van der Waals surface area contributed by atoms with Crippen LogP contribution in [0.5, 0.6) is 5.75 Å². The Morgan fingerprint density at radius 1 is 0.952 bits per heavy atom. The number of carbonyl (C=O) groups excluding carboxylic acids is 2. The summed E-state index contributed by atoms with van der Waals surface area (Å²) in [7, 11) is 0. The smallest absolute Gasteiger partial charge is 0.264 e. The Kier molecular flexibility index (Phi) is 3.28. The molecular weight excluding hydrogens is 266 g/mol. The van der Waals surface area contributed by atoms with Crippen LogP contribution in [0.25, 0.3) is 6.08 Å². The molecule has 0 fully saturated rings. The van der Waals surface area contributed by atoms with E-state index in [-0.39, 0.29) is 18.5 Å². The van der Waals surface area contributed by atoms with E-state index in [9.17, 15) is 9.59 Å². The highest BCUT2D eigenvalue weighted by atomic mass is 16.5. The van der Waals surface area contributed by atoms with Gasteiger partial charge in [0, 0.05) is 0 Å². The van der Waals surface area contributed by atoms with Crippen LogP contribution in [0.1, 0.15) is 26.3 Å². The molecule has 0 aromatic heterocycles. The molecule has 2 amide bonds. The zero-order valence-corrected chi connectivity index (χ0v) is 11.3. The number of benzene rings is 2. The van der Waals surface area contributed by atoms with Crippen LogP contribution in [-0.2, 0) is 0 Å². The van der Waals surface area contributed by atoms with Crippen molar-refractivity contribution in [2.75, 3.05) is 6.73 Å². The molecule has 0 atom stereocenters. The lowest BCUT2D eigenvalue weighted by atomic mass is 10.1. The first-order chi connectivity index (χ1) is 10.2. The molecule has 2 aromatic carbocycles. The molecular formula is C17H13NO3. The normalized spacial score (nSPS) is 13.2. The van der Waals surface area contributed by atoms with Crippen LogP contribution in [-0.4, -0.2) is 23.4 Å². The average Bonchev–Trinajstić information content (AvgIpc) is 2.78. The van der Waals surface area contributed by atoms with Gasteiger partial charge in [0.05, 0.1) is 11.1 Å². The van der Waals surface area contributed by atoms with E-state index < -0.39 is 0 Å². The summed E-state index contributed by atoms with van der Waals surface area (Å²) in [6, 6.07) is 14.0. The van der Waals surface area contributed by atoms with Gasteiger partial charge in [0.25, 0.3) is 11.8 Å². The monoisotopic (exact) mass is 279 g/mol. The average molecular weight is 279 g/mol. The number of ether oxygens (including phenoxy) is 1. The van der Waals surface area contributed by atoms with Crippen molar-refractivity contribution in [1.29, 1.82) is 0 Å². The second kappa shape index (κ2) is 5.25. The molecule has 1 aliphatic rings. The molecule has 0 radical (unpaired) electrons. The Morgan fingerprint density at radius 2 is 1.52 bits per heavy atom. The third kappa shape index (κ3) is 2.31. The van der Waals surface area contributed by atoms with Gasteiger partial charge in [-0.15, -0.1) is 0 Å². The molecule has 4 nitrogen and oxygen atoms in total. The molecule has 1 heterocycles. The van der Waals surface area contributed by atoms with Crippen molar-refractivity contribution in [2.45, 2.75) is 0 Å². The molecule has 21 heavy (non-hydrogen) atoms. The predicted octanol–water partition coefficient (Wildman–Crippen LogP) is 2.96. The Bertz CT molecular complexity index is 684. The summed E-state index contributed by atoms with van der Waals surface area (Å²) >= 11 is 0. The van der Waals surface area contributed by atoms with Crippen molar-refractivity contribution in [1.82, 2.24) is 4.90 Å². The van der Waals surface area contributed by atoms with Crippen LogP contribution in [0.2, 0.25) is 0 Å². The van der Waals surface area contributed by atoms with Crippen molar-refractivity contribution in [3.63, 3.8) is 0 Å². The predicted molar refractivity (Wildman–Crippen MR) is 79.0 cm³/mol. The summed E-state index contributed by atoms with van der Waals surface area (Å²) < 4.78 is 5.51. The number of rotatable bonds is 4. The zero-order chi connectivity index (χ0) is 14.8. The van der Waals surface area contributed by atoms with E-state index in [0.29, 0.717) is 16.9 Å². The first kappa shape index (κ1) is 13.1. The van der Waals surface area contributed by atoms with Crippen molar-refractivity contribution >= 4 is 17.9 Å². The number of imide groups is 1. The number of hydrogen-bond acceptors (Lipinski definition) is 3. The van der Waals surface area contributed by atoms with Crippen molar-refractivity contribution in [2.24, 2.45) is 0 Å². The summed E-state index contributed by atoms with van der Waals surface area (Å²) in [6.45, 7) is 3.58. The van der Waals surface area contributed by atoms with E-state index in [1.54, 1.807) is 42.5 Å². The van der Waals surface area contributed by atoms with Gasteiger partial charge in [0.2, 0.25) is 0 Å². The fourth-order valence-electron chi connectivity index (χ4n) is 2.20. The molecule has 0 saturated carbocycles. The SMILES string of the molecule is C=Cc1ccc(OCN2C(=O)c3ccccc3C2=O)cc1. The summed E-state index contributed by atoms with van der Waals surface area (Å²) in [5.41, 5.74) is 1.82. The molecule has 0 unspecified atom stereocenters. The lowest BCUT2D eigenvalue weighted by molar-refractivity contribution is 0.0522. The second-order valence-corrected chi connectivity index (χ2v) is 4.63. The zero-order valence-electron chi connectivity index (χ0n) is 11.3. The molecule has 0 N–H and O–H groups in total. The Balaban J connectivity index is 1.73. The van der Waals surface area contributed by atoms with Crippen LogP contribution >= 0.6 is 0 Å². The van der Waals surface area contributed by atoms with Crippen LogP contribution in [0, 0.1) is 0 Å². The van der Waals surface area contributed by atoms with Gasteiger partial charge in [0.15, 0.2) is 6.73 Å². The third-order valence-corrected chi connectivity index (χ3v) is 3.35. The summed E-state index contributed by atoms with van der Waals surface area (Å²) in [6.07, 6.45) is 1.73. The number of hydrogen-bond donors (Lipinski definition) is 0. The summed E-state index contributed by atoms with van der Waals surface area (Å²) in [4.78, 5) is 25.4. The number of amides is 2. The Labute approximate surface area is 122 Å². The minimum absolute atomic E-state index is 0.0974. The molecule has 2 aromatic rings. The van der Waals surface area contributed by atoms with E-state index in [4.69, 9.17) is 4.74 Å². The Hall–Kier alpha value is -2.88. The third-order valence-electron chi connectivity index (χ3n) is 3.35. The van der Waals surface area contributed by atoms with E-state index >= 15 is 0 Å². The van der Waals surface area contributed by atoms with Crippen LogP contribution < -0.4 is 4.74 Å². The van der Waals surface area contributed by atoms with Crippen LogP contribution in [0.3, 0.4) is 0 Å². The minimum Gasteiger partial charge on any atom is -0.473 e. The highest BCUT2D eigenvalue weighted by molar-refractivity contribution is 6.21. The maximum atomic E-state index is 12.1. The van der Waals surface area contributed by atoms with Gasteiger partial charge in [-0.1, -0.05) is 36.9 Å². The first-order valence-electron chi connectivity index (χ1n) is 6.51. The molecule has 4 heteroatoms. The highest BCUT2D eigenvalue weighted by Gasteiger charge is 2.35. The molecule has 104 valence electrons. The lowest BCUT2D eigenvalue weighted by Crippen LogP contribution is -2.33. The van der Waals surface area contributed by atoms with E-state index in [0.717, 1.165) is 10.5 Å². The fourth-order valence-corrected chi connectivity index (χ4v) is 2.20. The number of nitrogens with zero attached hydrogens (tertiary/aromatic N) is 1. The summed E-state index contributed by atoms with van der Waals surface area (Å²) in [5.74, 6) is -0.0474. The minimum atomic E-state index is -0.321. The van der Waals surface area contributed by atoms with Gasteiger partial charge >= 0.3 is 0 Å². The molecule has 0 saturated heterocycles. The number of carbonyl (C=O) groups is 2. The van der Waals surface area contributed by atoms with Gasteiger partial charge in [-0.3, -0.25) is 9.59 Å². The topological polar surface area (TPSA) is 46.6 Å². The van der Waals surface area contributed by atoms with Gasteiger partial charge in [-0.2, -0.15) is 0 Å². The van der Waals surface area contributed by atoms with Crippen LogP contribution in [0.15, 0.2) is 55.1 Å². The van der Waals surface area contributed by atoms with E-state index in [2.05, 4.69) is 6.58 Å². The summed E-state index contributed by atoms with van der Waals surface area (Å²) in [5, 5.41) is 0. The molecule has 0 aliphatic carbocycles. The van der Waals surface area contributed by atoms with Gasteiger partial charge < -0.3 is 4.74 Å². The van der Waals surface area contributed by atoms with Gasteiger partial charge in [-0.25, -0.2) is 4.90 Å². The Morgan fingerprint density at radius 3 is 2.05 bits per heavy atom. The van der Waals surface area contributed by atoms with Gasteiger partial charge in [-0.05, 0) is 29.8 Å². The second-order valence-electron chi connectivity index (χ2n) is 4.63. The largest absolute Gasteiger partial charge is 0.473 e. The van der Waals surface area contributed by atoms with Gasteiger partial charge in [0.1, 0.15) is 5.75 Å². The van der Waals surface area contributed by atoms with Crippen molar-refractivity contribution in [3.05, 3.63) is 71.8 Å². The molecule has 1 aliphatic heterocycles. The van der Waals surface area contributed by atoms with E-state index in [1.165, 1.54) is 0 Å². The molecule has 0 bridgehead atoms. The molecule has 3 rings (SSSR count). The fraction of sp³-hybridized carbons (Fsp3) is 0.0588. The van der Waals surface area contributed by atoms with Crippen molar-refractivity contribution in [3.8, 4) is 5.75 Å². The standard InChI is InChI=1S/C17H13NO3/c1-2-12-7-9-13(10-8-12)21-11-18-16(19)14-5-3-4-6-15(14)17(18)20/h2-10H,1,11H2. The first-order valence-corrected chi connectivity index (χ1v) is 6.51. The molecule has 0 spiro atoms. The van der Waals surface area contributed by atoms with Crippen molar-refractivity contribution < 1.29 is 14.3 Å². The maximum absolute atomic E-state index is 12.1. The highest BCUT2D eigenvalue weighted by Crippen LogP contribution is 2.23. The maximum Gasteiger partial charge on any atom is 0.264 e. The quantitative estimate of drug-likeness (QED) is 0.808. The van der Waals surface area contributed by atoms with Crippen LogP contribution in [0.4, 0.5) is 0 Å². The lowest BCUT2D eigenvalue weighted by Gasteiger charge is -2.14. The van der Waals surface area contributed by atoms with E-state index in [1.807, 2.05) is 12.1 Å². The number of fused-ring (bicyclic) bond motifs is 1.